The van der Waals surface area contributed by atoms with Crippen LogP contribution in [0, 0.1) is 0 Å². The summed E-state index contributed by atoms with van der Waals surface area (Å²) in [5.74, 6) is 1.42. The minimum absolute atomic E-state index is 0.0196. The molecule has 0 saturated carbocycles. The van der Waals surface area contributed by atoms with E-state index in [0.29, 0.717) is 6.54 Å². The van der Waals surface area contributed by atoms with Gasteiger partial charge in [0.2, 0.25) is 0 Å². The minimum atomic E-state index is -0.121. The van der Waals surface area contributed by atoms with E-state index in [4.69, 9.17) is 9.47 Å². The fourth-order valence-electron chi connectivity index (χ4n) is 2.43. The maximum atomic E-state index is 12.0. The maximum absolute atomic E-state index is 12.0. The summed E-state index contributed by atoms with van der Waals surface area (Å²) >= 11 is 0. The van der Waals surface area contributed by atoms with Crippen LogP contribution in [0.1, 0.15) is 31.9 Å². The van der Waals surface area contributed by atoms with E-state index in [-0.39, 0.29) is 17.9 Å². The number of nitrogens with one attached hydrogen (secondary N) is 1. The van der Waals surface area contributed by atoms with Gasteiger partial charge in [-0.25, -0.2) is 0 Å². The number of carbonyl (C=O) groups excluding carboxylic acids is 1. The molecule has 0 aliphatic rings. The van der Waals surface area contributed by atoms with Crippen molar-refractivity contribution < 1.29 is 14.3 Å². The van der Waals surface area contributed by atoms with Gasteiger partial charge in [0.25, 0.3) is 5.91 Å². The first-order valence-electron chi connectivity index (χ1n) is 8.51. The summed E-state index contributed by atoms with van der Waals surface area (Å²) in [6.07, 6.45) is 0.752. The number of carbonyl (C=O) groups is 1. The normalized spacial score (nSPS) is 11.0. The summed E-state index contributed by atoms with van der Waals surface area (Å²) in [5.41, 5.74) is 2.36. The van der Waals surface area contributed by atoms with Crippen molar-refractivity contribution in [2.75, 3.05) is 20.3 Å². The SMILES string of the molecule is COc1cccc(CCNC(=O)COc2cccc(C(C)(C)C)c2)c1. The highest BCUT2D eigenvalue weighted by Gasteiger charge is 2.14. The van der Waals surface area contributed by atoms with Gasteiger partial charge in [-0.1, -0.05) is 45.0 Å². The lowest BCUT2D eigenvalue weighted by atomic mass is 9.87. The van der Waals surface area contributed by atoms with Gasteiger partial charge in [0.15, 0.2) is 6.61 Å². The van der Waals surface area contributed by atoms with E-state index in [1.165, 1.54) is 5.56 Å². The molecule has 2 aromatic carbocycles. The molecule has 0 aromatic heterocycles. The average molecular weight is 341 g/mol. The Hall–Kier alpha value is -2.49. The quantitative estimate of drug-likeness (QED) is 0.835. The van der Waals surface area contributed by atoms with E-state index in [9.17, 15) is 4.79 Å². The average Bonchev–Trinajstić information content (AvgIpc) is 2.60. The van der Waals surface area contributed by atoms with E-state index in [1.54, 1.807) is 7.11 Å². The Morgan fingerprint density at radius 1 is 1.04 bits per heavy atom. The van der Waals surface area contributed by atoms with Gasteiger partial charge >= 0.3 is 0 Å². The molecule has 0 atom stereocenters. The topological polar surface area (TPSA) is 47.6 Å². The van der Waals surface area contributed by atoms with E-state index in [0.717, 1.165) is 23.5 Å². The summed E-state index contributed by atoms with van der Waals surface area (Å²) in [6, 6.07) is 15.7. The van der Waals surface area contributed by atoms with Crippen LogP contribution in [-0.4, -0.2) is 26.2 Å². The van der Waals surface area contributed by atoms with Crippen LogP contribution < -0.4 is 14.8 Å². The molecule has 2 aromatic rings. The van der Waals surface area contributed by atoms with Crippen LogP contribution in [0.2, 0.25) is 0 Å². The Kier molecular flexibility index (Phi) is 6.45. The van der Waals surface area contributed by atoms with Crippen LogP contribution >= 0.6 is 0 Å². The Balaban J connectivity index is 1.77. The molecular weight excluding hydrogens is 314 g/mol. The second kappa shape index (κ2) is 8.56. The van der Waals surface area contributed by atoms with Gasteiger partial charge in [0.1, 0.15) is 11.5 Å². The standard InChI is InChI=1S/C21H27NO3/c1-21(2,3)17-8-6-10-19(14-17)25-15-20(23)22-12-11-16-7-5-9-18(13-16)24-4/h5-10,13-14H,11-12,15H2,1-4H3,(H,22,23). The lowest BCUT2D eigenvalue weighted by molar-refractivity contribution is -0.123. The second-order valence-corrected chi connectivity index (χ2v) is 7.02. The van der Waals surface area contributed by atoms with Gasteiger partial charge in [0.05, 0.1) is 7.11 Å². The number of hydrogen-bond acceptors (Lipinski definition) is 3. The molecule has 0 unspecified atom stereocenters. The first-order chi connectivity index (χ1) is 11.9. The zero-order valence-electron chi connectivity index (χ0n) is 15.5. The van der Waals surface area contributed by atoms with Crippen LogP contribution in [-0.2, 0) is 16.6 Å². The zero-order chi connectivity index (χ0) is 18.3. The van der Waals surface area contributed by atoms with Gasteiger partial charge in [-0.3, -0.25) is 4.79 Å². The third-order valence-electron chi connectivity index (χ3n) is 3.94. The monoisotopic (exact) mass is 341 g/mol. The van der Waals surface area contributed by atoms with Crippen LogP contribution in [0.15, 0.2) is 48.5 Å². The molecule has 1 amide bonds. The van der Waals surface area contributed by atoms with Crippen molar-refractivity contribution in [1.29, 1.82) is 0 Å². The molecule has 1 N–H and O–H groups in total. The molecule has 25 heavy (non-hydrogen) atoms. The number of hydrogen-bond donors (Lipinski definition) is 1. The Labute approximate surface area is 150 Å². The van der Waals surface area contributed by atoms with Crippen molar-refractivity contribution in [2.45, 2.75) is 32.6 Å². The first-order valence-corrected chi connectivity index (χ1v) is 8.51. The Morgan fingerprint density at radius 2 is 1.76 bits per heavy atom. The number of rotatable bonds is 7. The fourth-order valence-corrected chi connectivity index (χ4v) is 2.43. The molecule has 134 valence electrons. The number of ether oxygens (including phenoxy) is 2. The highest BCUT2D eigenvalue weighted by atomic mass is 16.5. The largest absolute Gasteiger partial charge is 0.497 e. The second-order valence-electron chi connectivity index (χ2n) is 7.02. The summed E-state index contributed by atoms with van der Waals surface area (Å²) in [7, 11) is 1.65. The Bertz CT molecular complexity index is 704. The van der Waals surface area contributed by atoms with E-state index in [2.05, 4.69) is 32.2 Å². The highest BCUT2D eigenvalue weighted by Crippen LogP contribution is 2.25. The van der Waals surface area contributed by atoms with Crippen molar-refractivity contribution in [3.05, 3.63) is 59.7 Å². The smallest absolute Gasteiger partial charge is 0.257 e. The molecule has 0 radical (unpaired) electrons. The number of methoxy groups -OCH3 is 1. The molecule has 0 fully saturated rings. The first kappa shape index (κ1) is 18.8. The molecule has 0 spiro atoms. The Morgan fingerprint density at radius 3 is 2.48 bits per heavy atom. The van der Waals surface area contributed by atoms with Crippen LogP contribution in [0.4, 0.5) is 0 Å². The molecule has 4 heteroatoms. The molecular formula is C21H27NO3. The molecule has 0 saturated heterocycles. The van der Waals surface area contributed by atoms with E-state index < -0.39 is 0 Å². The van der Waals surface area contributed by atoms with Crippen LogP contribution in [0.3, 0.4) is 0 Å². The predicted molar refractivity (Wildman–Crippen MR) is 100 cm³/mol. The highest BCUT2D eigenvalue weighted by molar-refractivity contribution is 5.77. The summed E-state index contributed by atoms with van der Waals surface area (Å²) in [6.45, 7) is 7.04. The summed E-state index contributed by atoms with van der Waals surface area (Å²) < 4.78 is 10.8. The molecule has 0 aliphatic carbocycles. The maximum Gasteiger partial charge on any atom is 0.257 e. The predicted octanol–water partition coefficient (Wildman–Crippen LogP) is 3.73. The lowest BCUT2D eigenvalue weighted by Crippen LogP contribution is -2.30. The van der Waals surface area contributed by atoms with Gasteiger partial charge < -0.3 is 14.8 Å². The van der Waals surface area contributed by atoms with Crippen molar-refractivity contribution in [2.24, 2.45) is 0 Å². The lowest BCUT2D eigenvalue weighted by Gasteiger charge is -2.19. The summed E-state index contributed by atoms with van der Waals surface area (Å²) in [5, 5.41) is 2.88. The van der Waals surface area contributed by atoms with Crippen molar-refractivity contribution in [3.63, 3.8) is 0 Å². The number of amides is 1. The van der Waals surface area contributed by atoms with Gasteiger partial charge in [-0.05, 0) is 47.2 Å². The van der Waals surface area contributed by atoms with Crippen LogP contribution in [0.25, 0.3) is 0 Å². The van der Waals surface area contributed by atoms with E-state index >= 15 is 0 Å². The molecule has 0 heterocycles. The van der Waals surface area contributed by atoms with Gasteiger partial charge in [-0.2, -0.15) is 0 Å². The fraction of sp³-hybridized carbons (Fsp3) is 0.381. The molecule has 2 rings (SSSR count). The third kappa shape index (κ3) is 6.14. The third-order valence-corrected chi connectivity index (χ3v) is 3.94. The van der Waals surface area contributed by atoms with Crippen molar-refractivity contribution in [3.8, 4) is 11.5 Å². The molecule has 0 aliphatic heterocycles. The minimum Gasteiger partial charge on any atom is -0.497 e. The molecule has 4 nitrogen and oxygen atoms in total. The number of benzene rings is 2. The summed E-state index contributed by atoms with van der Waals surface area (Å²) in [4.78, 5) is 12.0. The molecule has 0 bridgehead atoms. The van der Waals surface area contributed by atoms with Gasteiger partial charge in [-0.15, -0.1) is 0 Å². The van der Waals surface area contributed by atoms with Crippen molar-refractivity contribution >= 4 is 5.91 Å². The van der Waals surface area contributed by atoms with Gasteiger partial charge in [0, 0.05) is 6.54 Å². The zero-order valence-corrected chi connectivity index (χ0v) is 15.5. The van der Waals surface area contributed by atoms with E-state index in [1.807, 2.05) is 42.5 Å². The van der Waals surface area contributed by atoms with Crippen LogP contribution in [0.5, 0.6) is 11.5 Å². The van der Waals surface area contributed by atoms with Crippen molar-refractivity contribution in [1.82, 2.24) is 5.32 Å².